The SMILES string of the molecule is N#CC(Br)c1ccc(Br)c2cccnc12. The van der Waals surface area contributed by atoms with Crippen molar-refractivity contribution in [3.05, 3.63) is 40.5 Å². The van der Waals surface area contributed by atoms with E-state index in [-0.39, 0.29) is 4.83 Å². The van der Waals surface area contributed by atoms with Gasteiger partial charge in [0.2, 0.25) is 0 Å². The Labute approximate surface area is 104 Å². The van der Waals surface area contributed by atoms with Gasteiger partial charge >= 0.3 is 0 Å². The molecule has 0 bridgehead atoms. The molecular weight excluding hydrogens is 320 g/mol. The van der Waals surface area contributed by atoms with Crippen LogP contribution in [0.2, 0.25) is 0 Å². The number of hydrogen-bond acceptors (Lipinski definition) is 2. The lowest BCUT2D eigenvalue weighted by atomic mass is 10.1. The first-order valence-corrected chi connectivity index (χ1v) is 6.01. The summed E-state index contributed by atoms with van der Waals surface area (Å²) in [5.74, 6) is 0. The summed E-state index contributed by atoms with van der Waals surface area (Å²) in [5.41, 5.74) is 1.76. The van der Waals surface area contributed by atoms with Gasteiger partial charge in [-0.1, -0.05) is 44.0 Å². The monoisotopic (exact) mass is 324 g/mol. The van der Waals surface area contributed by atoms with Crippen molar-refractivity contribution < 1.29 is 0 Å². The van der Waals surface area contributed by atoms with Crippen molar-refractivity contribution in [2.45, 2.75) is 4.83 Å². The Balaban J connectivity index is 2.78. The van der Waals surface area contributed by atoms with Gasteiger partial charge in [0.25, 0.3) is 0 Å². The number of fused-ring (bicyclic) bond motifs is 1. The summed E-state index contributed by atoms with van der Waals surface area (Å²) in [7, 11) is 0. The number of halogens is 2. The zero-order valence-corrected chi connectivity index (χ0v) is 10.8. The zero-order valence-electron chi connectivity index (χ0n) is 7.61. The maximum absolute atomic E-state index is 8.88. The van der Waals surface area contributed by atoms with Crippen LogP contribution < -0.4 is 0 Å². The minimum absolute atomic E-state index is 0.317. The summed E-state index contributed by atoms with van der Waals surface area (Å²) in [4.78, 5) is 3.98. The smallest absolute Gasteiger partial charge is 0.128 e. The van der Waals surface area contributed by atoms with E-state index in [0.717, 1.165) is 20.9 Å². The van der Waals surface area contributed by atoms with Gasteiger partial charge in [-0.05, 0) is 12.1 Å². The third-order valence-corrected chi connectivity index (χ3v) is 3.52. The number of hydrogen-bond donors (Lipinski definition) is 0. The highest BCUT2D eigenvalue weighted by Crippen LogP contribution is 2.31. The van der Waals surface area contributed by atoms with Crippen LogP contribution in [0, 0.1) is 11.3 Å². The molecule has 2 nitrogen and oxygen atoms in total. The lowest BCUT2D eigenvalue weighted by molar-refractivity contribution is 1.24. The summed E-state index contributed by atoms with van der Waals surface area (Å²) in [6, 6.07) is 9.86. The minimum atomic E-state index is -0.317. The van der Waals surface area contributed by atoms with E-state index in [1.54, 1.807) is 6.20 Å². The lowest BCUT2D eigenvalue weighted by Gasteiger charge is -2.07. The van der Waals surface area contributed by atoms with E-state index in [0.29, 0.717) is 0 Å². The van der Waals surface area contributed by atoms with Gasteiger partial charge in [-0.15, -0.1) is 0 Å². The van der Waals surface area contributed by atoms with Crippen molar-refractivity contribution >= 4 is 42.8 Å². The summed E-state index contributed by atoms with van der Waals surface area (Å²) in [6.07, 6.45) is 1.73. The second-order valence-corrected chi connectivity index (χ2v) is 4.80. The fraction of sp³-hybridized carbons (Fsp3) is 0.0909. The van der Waals surface area contributed by atoms with Gasteiger partial charge in [-0.25, -0.2) is 0 Å². The largest absolute Gasteiger partial charge is 0.256 e. The fourth-order valence-electron chi connectivity index (χ4n) is 1.43. The second-order valence-electron chi connectivity index (χ2n) is 3.03. The Morgan fingerprint density at radius 3 is 2.87 bits per heavy atom. The van der Waals surface area contributed by atoms with Crippen molar-refractivity contribution in [3.8, 4) is 6.07 Å². The van der Waals surface area contributed by atoms with Crippen LogP contribution in [0.15, 0.2) is 34.9 Å². The van der Waals surface area contributed by atoms with Crippen molar-refractivity contribution in [1.82, 2.24) is 4.98 Å². The molecule has 74 valence electrons. The summed E-state index contributed by atoms with van der Waals surface area (Å²) < 4.78 is 0.993. The van der Waals surface area contributed by atoms with Gasteiger partial charge < -0.3 is 0 Å². The van der Waals surface area contributed by atoms with E-state index in [1.807, 2.05) is 24.3 Å². The molecule has 2 rings (SSSR count). The zero-order chi connectivity index (χ0) is 10.8. The van der Waals surface area contributed by atoms with Crippen LogP contribution >= 0.6 is 31.9 Å². The average Bonchev–Trinajstić information content (AvgIpc) is 2.29. The van der Waals surface area contributed by atoms with Gasteiger partial charge in [-0.2, -0.15) is 5.26 Å². The molecule has 0 aliphatic heterocycles. The molecule has 4 heteroatoms. The molecular formula is C11H6Br2N2. The first kappa shape index (κ1) is 10.6. The Bertz CT molecular complexity index is 546. The normalized spacial score (nSPS) is 12.3. The van der Waals surface area contributed by atoms with E-state index in [1.165, 1.54) is 0 Å². The van der Waals surface area contributed by atoms with E-state index in [4.69, 9.17) is 5.26 Å². The van der Waals surface area contributed by atoms with Gasteiger partial charge in [-0.3, -0.25) is 4.98 Å². The van der Waals surface area contributed by atoms with Crippen molar-refractivity contribution in [2.24, 2.45) is 0 Å². The summed E-state index contributed by atoms with van der Waals surface area (Å²) in [5, 5.41) is 9.90. The van der Waals surface area contributed by atoms with Crippen LogP contribution in [0.4, 0.5) is 0 Å². The molecule has 0 aliphatic rings. The first-order chi connectivity index (χ1) is 7.24. The van der Waals surface area contributed by atoms with Crippen molar-refractivity contribution in [2.75, 3.05) is 0 Å². The van der Waals surface area contributed by atoms with Crippen LogP contribution in [0.3, 0.4) is 0 Å². The van der Waals surface area contributed by atoms with Gasteiger partial charge in [0, 0.05) is 21.6 Å². The molecule has 1 unspecified atom stereocenters. The van der Waals surface area contributed by atoms with Crippen LogP contribution in [0.1, 0.15) is 10.4 Å². The van der Waals surface area contributed by atoms with Gasteiger partial charge in [0.05, 0.1) is 11.6 Å². The second kappa shape index (κ2) is 4.30. The highest BCUT2D eigenvalue weighted by Gasteiger charge is 2.12. The number of nitriles is 1. The lowest BCUT2D eigenvalue weighted by Crippen LogP contribution is -1.91. The molecule has 0 fully saturated rings. The fourth-order valence-corrected chi connectivity index (χ4v) is 2.26. The number of alkyl halides is 1. The molecule has 1 aromatic heterocycles. The Kier molecular flexibility index (Phi) is 3.03. The first-order valence-electron chi connectivity index (χ1n) is 4.31. The molecule has 0 spiro atoms. The average molecular weight is 326 g/mol. The molecule has 0 aliphatic carbocycles. The number of aromatic nitrogens is 1. The van der Waals surface area contributed by atoms with Gasteiger partial charge in [0.1, 0.15) is 4.83 Å². The summed E-state index contributed by atoms with van der Waals surface area (Å²) in [6.45, 7) is 0. The predicted molar refractivity (Wildman–Crippen MR) is 66.7 cm³/mol. The molecule has 1 atom stereocenters. The molecule has 0 radical (unpaired) electrons. The molecule has 1 aromatic carbocycles. The third kappa shape index (κ3) is 1.90. The van der Waals surface area contributed by atoms with E-state index in [2.05, 4.69) is 42.9 Å². The van der Waals surface area contributed by atoms with E-state index in [9.17, 15) is 0 Å². The topological polar surface area (TPSA) is 36.7 Å². The third-order valence-electron chi connectivity index (χ3n) is 2.13. The van der Waals surface area contributed by atoms with Crippen LogP contribution in [-0.2, 0) is 0 Å². The number of benzene rings is 1. The Morgan fingerprint density at radius 2 is 2.13 bits per heavy atom. The van der Waals surface area contributed by atoms with Crippen LogP contribution in [-0.4, -0.2) is 4.98 Å². The highest BCUT2D eigenvalue weighted by atomic mass is 79.9. The van der Waals surface area contributed by atoms with Crippen molar-refractivity contribution in [1.29, 1.82) is 5.26 Å². The molecule has 15 heavy (non-hydrogen) atoms. The maximum Gasteiger partial charge on any atom is 0.128 e. The maximum atomic E-state index is 8.88. The molecule has 0 N–H and O–H groups in total. The summed E-state index contributed by atoms with van der Waals surface area (Å²) >= 11 is 6.78. The number of rotatable bonds is 1. The Hall–Kier alpha value is -0.920. The van der Waals surface area contributed by atoms with Crippen LogP contribution in [0.25, 0.3) is 10.9 Å². The van der Waals surface area contributed by atoms with E-state index >= 15 is 0 Å². The van der Waals surface area contributed by atoms with Gasteiger partial charge in [0.15, 0.2) is 0 Å². The molecule has 2 aromatic rings. The quantitative estimate of drug-likeness (QED) is 0.744. The number of nitrogens with zero attached hydrogens (tertiary/aromatic N) is 2. The highest BCUT2D eigenvalue weighted by molar-refractivity contribution is 9.10. The van der Waals surface area contributed by atoms with Crippen molar-refractivity contribution in [3.63, 3.8) is 0 Å². The Morgan fingerprint density at radius 1 is 1.33 bits per heavy atom. The molecule has 0 amide bonds. The van der Waals surface area contributed by atoms with Crippen LogP contribution in [0.5, 0.6) is 0 Å². The molecule has 0 saturated heterocycles. The minimum Gasteiger partial charge on any atom is -0.256 e. The predicted octanol–water partition coefficient (Wildman–Crippen LogP) is 3.96. The molecule has 1 heterocycles. The molecule has 0 saturated carbocycles. The van der Waals surface area contributed by atoms with E-state index < -0.39 is 0 Å². The standard InChI is InChI=1S/C11H6Br2N2/c12-9-4-3-8(10(13)6-14)11-7(9)2-1-5-15-11/h1-5,10H. The number of pyridine rings is 1.